The zero-order valence-corrected chi connectivity index (χ0v) is 15.6. The molecule has 1 unspecified atom stereocenters. The van der Waals surface area contributed by atoms with Gasteiger partial charge in [-0.3, -0.25) is 9.78 Å². The number of piperidine rings is 1. The van der Waals surface area contributed by atoms with Gasteiger partial charge in [0.2, 0.25) is 5.91 Å². The molecule has 0 aliphatic carbocycles. The first-order chi connectivity index (χ1) is 13.6. The van der Waals surface area contributed by atoms with E-state index >= 15 is 0 Å². The van der Waals surface area contributed by atoms with E-state index in [0.29, 0.717) is 11.1 Å². The fourth-order valence-electron chi connectivity index (χ4n) is 3.18. The van der Waals surface area contributed by atoms with Crippen LogP contribution in [-0.4, -0.2) is 23.5 Å². The number of oxazole rings is 1. The molecule has 1 aliphatic heterocycles. The molecular weight excluding hydrogens is 356 g/mol. The van der Waals surface area contributed by atoms with Crippen LogP contribution in [0.15, 0.2) is 51.7 Å². The summed E-state index contributed by atoms with van der Waals surface area (Å²) >= 11 is 0. The number of nitriles is 1. The Bertz CT molecular complexity index is 1040. The van der Waals surface area contributed by atoms with Crippen LogP contribution in [0.5, 0.6) is 0 Å². The van der Waals surface area contributed by atoms with Crippen molar-refractivity contribution in [2.45, 2.75) is 32.2 Å². The molecule has 2 aromatic carbocycles. The third-order valence-corrected chi connectivity index (χ3v) is 4.53. The maximum absolute atomic E-state index is 12.3. The summed E-state index contributed by atoms with van der Waals surface area (Å²) < 4.78 is 5.01. The fraction of sp³-hybridized carbons (Fsp3) is 0.286. The summed E-state index contributed by atoms with van der Waals surface area (Å²) in [5.41, 5.74) is 3.95. The van der Waals surface area contributed by atoms with E-state index in [2.05, 4.69) is 15.6 Å². The van der Waals surface area contributed by atoms with Gasteiger partial charge in [-0.05, 0) is 54.8 Å². The van der Waals surface area contributed by atoms with Crippen molar-refractivity contribution in [2.75, 3.05) is 11.9 Å². The molecule has 4 rings (SSSR count). The molecule has 7 heteroatoms. The number of benzene rings is 2. The quantitative estimate of drug-likeness (QED) is 0.647. The molecule has 1 aromatic heterocycles. The maximum Gasteiger partial charge on any atom is 0.417 e. The number of hydrogen-bond donors (Lipinski definition) is 3. The Hall–Kier alpha value is -3.37. The normalized spacial score (nSPS) is 15.9. The number of rotatable bonds is 3. The monoisotopic (exact) mass is 378 g/mol. The van der Waals surface area contributed by atoms with Gasteiger partial charge in [-0.2, -0.15) is 5.26 Å². The van der Waals surface area contributed by atoms with E-state index in [0.717, 1.165) is 42.6 Å². The minimum atomic E-state index is -0.457. The van der Waals surface area contributed by atoms with Crippen LogP contribution >= 0.6 is 0 Å². The molecule has 7 nitrogen and oxygen atoms in total. The van der Waals surface area contributed by atoms with Gasteiger partial charge in [0.05, 0.1) is 17.6 Å². The summed E-state index contributed by atoms with van der Waals surface area (Å²) in [7, 11) is 0. The van der Waals surface area contributed by atoms with Crippen molar-refractivity contribution >= 4 is 22.7 Å². The second kappa shape index (κ2) is 9.02. The molecule has 0 bridgehead atoms. The average molecular weight is 378 g/mol. The first-order valence-corrected chi connectivity index (χ1v) is 9.19. The van der Waals surface area contributed by atoms with E-state index in [1.807, 2.05) is 36.4 Å². The van der Waals surface area contributed by atoms with Crippen molar-refractivity contribution in [3.63, 3.8) is 0 Å². The Morgan fingerprint density at radius 1 is 1.18 bits per heavy atom. The van der Waals surface area contributed by atoms with Gasteiger partial charge in [0.25, 0.3) is 0 Å². The Morgan fingerprint density at radius 2 is 1.89 bits per heavy atom. The fourth-order valence-corrected chi connectivity index (χ4v) is 3.18. The van der Waals surface area contributed by atoms with Crippen LogP contribution in [0.1, 0.15) is 26.2 Å². The lowest BCUT2D eigenvalue weighted by molar-refractivity contribution is -0.118. The summed E-state index contributed by atoms with van der Waals surface area (Å²) in [6.45, 7) is 2.33. The minimum Gasteiger partial charge on any atom is -0.408 e. The number of carbonyl (C=O) groups excluding carboxylic acids is 1. The lowest BCUT2D eigenvalue weighted by Crippen LogP contribution is -2.43. The van der Waals surface area contributed by atoms with E-state index < -0.39 is 5.76 Å². The van der Waals surface area contributed by atoms with Gasteiger partial charge in [0, 0.05) is 12.6 Å². The highest BCUT2D eigenvalue weighted by atomic mass is 16.4. The highest BCUT2D eigenvalue weighted by Crippen LogP contribution is 2.24. The molecule has 3 N–H and O–H groups in total. The van der Waals surface area contributed by atoms with E-state index in [1.165, 1.54) is 6.92 Å². The van der Waals surface area contributed by atoms with E-state index in [-0.39, 0.29) is 11.9 Å². The maximum atomic E-state index is 12.3. The molecule has 144 valence electrons. The number of nitrogens with zero attached hydrogens (tertiary/aromatic N) is 1. The molecule has 28 heavy (non-hydrogen) atoms. The van der Waals surface area contributed by atoms with Crippen LogP contribution in [0.3, 0.4) is 0 Å². The molecule has 2 heterocycles. The Kier molecular flexibility index (Phi) is 6.25. The zero-order chi connectivity index (χ0) is 19.9. The molecule has 1 aliphatic rings. The van der Waals surface area contributed by atoms with Gasteiger partial charge in [-0.1, -0.05) is 24.6 Å². The number of aromatic amines is 1. The van der Waals surface area contributed by atoms with Crippen molar-refractivity contribution in [2.24, 2.45) is 0 Å². The highest BCUT2D eigenvalue weighted by Gasteiger charge is 2.20. The van der Waals surface area contributed by atoms with Crippen LogP contribution in [-0.2, 0) is 4.79 Å². The number of nitrogens with one attached hydrogen (secondary N) is 3. The Morgan fingerprint density at radius 3 is 2.57 bits per heavy atom. The van der Waals surface area contributed by atoms with Crippen molar-refractivity contribution in [1.82, 2.24) is 10.3 Å². The van der Waals surface area contributed by atoms with Crippen LogP contribution in [0.2, 0.25) is 0 Å². The first-order valence-electron chi connectivity index (χ1n) is 9.19. The predicted octanol–water partition coefficient (Wildman–Crippen LogP) is 3.40. The number of H-pyrrole nitrogens is 1. The van der Waals surface area contributed by atoms with Crippen LogP contribution in [0.25, 0.3) is 22.2 Å². The first kappa shape index (κ1) is 19.4. The third-order valence-electron chi connectivity index (χ3n) is 4.53. The third kappa shape index (κ3) is 4.67. The topological polar surface area (TPSA) is 111 Å². The molecule has 1 amide bonds. The van der Waals surface area contributed by atoms with E-state index in [4.69, 9.17) is 9.68 Å². The second-order valence-corrected chi connectivity index (χ2v) is 6.52. The molecule has 1 saturated heterocycles. The lowest BCUT2D eigenvalue weighted by Gasteiger charge is -2.22. The molecule has 0 radical (unpaired) electrons. The number of carbonyl (C=O) groups is 1. The van der Waals surface area contributed by atoms with Crippen molar-refractivity contribution in [3.8, 4) is 17.2 Å². The summed E-state index contributed by atoms with van der Waals surface area (Å²) in [5.74, 6) is -0.439. The van der Waals surface area contributed by atoms with Gasteiger partial charge in [-0.15, -0.1) is 0 Å². The number of hydrogen-bond acceptors (Lipinski definition) is 5. The molecule has 0 spiro atoms. The predicted molar refractivity (Wildman–Crippen MR) is 108 cm³/mol. The molecule has 0 saturated carbocycles. The molecule has 1 atom stereocenters. The van der Waals surface area contributed by atoms with Crippen LogP contribution < -0.4 is 16.4 Å². The number of amides is 1. The molecular formula is C21H22N4O3. The summed E-state index contributed by atoms with van der Waals surface area (Å²) in [6.07, 6.45) is 3.10. The number of fused-ring (bicyclic) bond motifs is 1. The lowest BCUT2D eigenvalue weighted by atomic mass is 10.0. The van der Waals surface area contributed by atoms with Crippen molar-refractivity contribution in [1.29, 1.82) is 5.26 Å². The highest BCUT2D eigenvalue weighted by molar-refractivity contribution is 5.95. The minimum absolute atomic E-state index is 0.0184. The van der Waals surface area contributed by atoms with E-state index in [1.54, 1.807) is 12.1 Å². The molecule has 3 aromatic rings. The number of anilines is 1. The summed E-state index contributed by atoms with van der Waals surface area (Å²) in [6, 6.07) is 14.9. The standard InChI is InChI=1S/C19H19N3O3.C2H3N/c23-18(15-3-1-2-10-20-15)21-14-7-4-12(5-8-14)13-6-9-17-16(11-13)22-19(24)25-17;1-2-3/h4-9,11,15,20H,1-3,10H2,(H,21,23)(H,22,24);1H3. The average Bonchev–Trinajstić information content (AvgIpc) is 3.09. The van der Waals surface area contributed by atoms with Crippen molar-refractivity contribution in [3.05, 3.63) is 53.0 Å². The number of aromatic nitrogens is 1. The van der Waals surface area contributed by atoms with Crippen LogP contribution in [0.4, 0.5) is 5.69 Å². The smallest absolute Gasteiger partial charge is 0.408 e. The largest absolute Gasteiger partial charge is 0.417 e. The summed E-state index contributed by atoms with van der Waals surface area (Å²) in [5, 5.41) is 13.5. The second-order valence-electron chi connectivity index (χ2n) is 6.52. The SMILES string of the molecule is CC#N.O=C(Nc1ccc(-c2ccc3oc(=O)[nH]c3c2)cc1)C1CCCCN1. The zero-order valence-electron chi connectivity index (χ0n) is 15.6. The van der Waals surface area contributed by atoms with Gasteiger partial charge in [0.15, 0.2) is 5.58 Å². The van der Waals surface area contributed by atoms with Gasteiger partial charge in [0.1, 0.15) is 0 Å². The Labute approximate surface area is 162 Å². The van der Waals surface area contributed by atoms with Gasteiger partial charge >= 0.3 is 5.76 Å². The van der Waals surface area contributed by atoms with E-state index in [9.17, 15) is 9.59 Å². The van der Waals surface area contributed by atoms with Crippen molar-refractivity contribution < 1.29 is 9.21 Å². The molecule has 1 fully saturated rings. The van der Waals surface area contributed by atoms with Crippen LogP contribution in [0, 0.1) is 11.3 Å². The Balaban J connectivity index is 0.000000706. The van der Waals surface area contributed by atoms with Gasteiger partial charge < -0.3 is 15.1 Å². The summed E-state index contributed by atoms with van der Waals surface area (Å²) in [4.78, 5) is 26.2. The van der Waals surface area contributed by atoms with Gasteiger partial charge in [-0.25, -0.2) is 4.79 Å².